The molecule has 106 valence electrons. The third kappa shape index (κ3) is 2.82. The maximum absolute atomic E-state index is 11.8. The molecule has 3 aromatic rings. The van der Waals surface area contributed by atoms with Crippen molar-refractivity contribution in [3.8, 4) is 5.88 Å². The fourth-order valence-electron chi connectivity index (χ4n) is 1.97. The van der Waals surface area contributed by atoms with Gasteiger partial charge in [-0.05, 0) is 13.0 Å². The molecule has 0 spiro atoms. The zero-order valence-electron chi connectivity index (χ0n) is 11.2. The first-order valence-corrected chi connectivity index (χ1v) is 7.16. The van der Waals surface area contributed by atoms with Gasteiger partial charge < -0.3 is 10.1 Å². The molecule has 6 nitrogen and oxygen atoms in total. The summed E-state index contributed by atoms with van der Waals surface area (Å²) in [6, 6.07) is 7.28. The van der Waals surface area contributed by atoms with Crippen LogP contribution in [0.3, 0.4) is 0 Å². The monoisotopic (exact) mass is 300 g/mol. The third-order valence-electron chi connectivity index (χ3n) is 2.89. The number of aromatic hydroxyl groups is 1. The number of H-pyrrole nitrogens is 1. The highest BCUT2D eigenvalue weighted by Gasteiger charge is 2.11. The number of para-hydroxylation sites is 1. The van der Waals surface area contributed by atoms with E-state index in [4.69, 9.17) is 0 Å². The maximum atomic E-state index is 11.8. The number of amides is 1. The van der Waals surface area contributed by atoms with Crippen molar-refractivity contribution < 1.29 is 9.90 Å². The standard InChI is InChI=1S/C14H12N4O2S/c1-8-7-21-12(15-8)6-11(19)17-18-13-9-4-2-3-5-10(9)16-14(13)20/h2-5,7,16,20H,6H2,1H3. The highest BCUT2D eigenvalue weighted by atomic mass is 32.1. The van der Waals surface area contributed by atoms with Crippen LogP contribution in [-0.4, -0.2) is 21.0 Å². The van der Waals surface area contributed by atoms with E-state index in [2.05, 4.69) is 20.2 Å². The van der Waals surface area contributed by atoms with Gasteiger partial charge >= 0.3 is 0 Å². The second-order valence-electron chi connectivity index (χ2n) is 4.52. The van der Waals surface area contributed by atoms with Crippen molar-refractivity contribution in [2.24, 2.45) is 10.2 Å². The first-order valence-electron chi connectivity index (χ1n) is 6.29. The smallest absolute Gasteiger partial charge is 0.271 e. The summed E-state index contributed by atoms with van der Waals surface area (Å²) >= 11 is 1.42. The fraction of sp³-hybridized carbons (Fsp3) is 0.143. The molecule has 0 aliphatic carbocycles. The number of aryl methyl sites for hydroxylation is 1. The highest BCUT2D eigenvalue weighted by molar-refractivity contribution is 7.09. The van der Waals surface area contributed by atoms with Gasteiger partial charge in [0.2, 0.25) is 5.88 Å². The molecule has 2 aromatic heterocycles. The summed E-state index contributed by atoms with van der Waals surface area (Å²) in [5.41, 5.74) is 1.90. The largest absolute Gasteiger partial charge is 0.493 e. The number of fused-ring (bicyclic) bond motifs is 1. The summed E-state index contributed by atoms with van der Waals surface area (Å²) in [6.07, 6.45) is 0.116. The van der Waals surface area contributed by atoms with Crippen LogP contribution in [0, 0.1) is 6.92 Å². The molecule has 7 heteroatoms. The number of benzene rings is 1. The number of thiazole rings is 1. The summed E-state index contributed by atoms with van der Waals surface area (Å²) in [5, 5.41) is 20.6. The van der Waals surface area contributed by atoms with Crippen molar-refractivity contribution in [1.82, 2.24) is 9.97 Å². The lowest BCUT2D eigenvalue weighted by Crippen LogP contribution is -1.97. The summed E-state index contributed by atoms with van der Waals surface area (Å²) in [5.74, 6) is -0.494. The van der Waals surface area contributed by atoms with E-state index in [0.717, 1.165) is 16.6 Å². The van der Waals surface area contributed by atoms with Crippen LogP contribution < -0.4 is 0 Å². The van der Waals surface area contributed by atoms with Gasteiger partial charge in [-0.2, -0.15) is 0 Å². The van der Waals surface area contributed by atoms with Gasteiger partial charge in [-0.1, -0.05) is 18.2 Å². The Balaban J connectivity index is 1.81. The second-order valence-corrected chi connectivity index (χ2v) is 5.46. The van der Waals surface area contributed by atoms with E-state index in [9.17, 15) is 9.90 Å². The van der Waals surface area contributed by atoms with Gasteiger partial charge in [0.05, 0.1) is 11.9 Å². The number of aromatic nitrogens is 2. The lowest BCUT2D eigenvalue weighted by molar-refractivity contribution is -0.117. The van der Waals surface area contributed by atoms with Crippen LogP contribution in [0.25, 0.3) is 10.9 Å². The molecule has 0 aliphatic heterocycles. The average Bonchev–Trinajstić information content (AvgIpc) is 2.99. The molecule has 0 aliphatic rings. The number of hydrogen-bond acceptors (Lipinski definition) is 5. The highest BCUT2D eigenvalue weighted by Crippen LogP contribution is 2.35. The minimum atomic E-state index is -0.394. The van der Waals surface area contributed by atoms with Crippen LogP contribution in [0.1, 0.15) is 10.7 Å². The molecule has 2 heterocycles. The number of hydrogen-bond donors (Lipinski definition) is 2. The van der Waals surface area contributed by atoms with Crippen molar-refractivity contribution in [2.75, 3.05) is 0 Å². The lowest BCUT2D eigenvalue weighted by atomic mass is 10.2. The molecule has 2 N–H and O–H groups in total. The van der Waals surface area contributed by atoms with E-state index in [0.29, 0.717) is 5.01 Å². The van der Waals surface area contributed by atoms with Crippen molar-refractivity contribution in [2.45, 2.75) is 13.3 Å². The van der Waals surface area contributed by atoms with Gasteiger partial charge in [-0.3, -0.25) is 4.79 Å². The first kappa shape index (κ1) is 13.4. The van der Waals surface area contributed by atoms with Crippen LogP contribution in [0.5, 0.6) is 5.88 Å². The van der Waals surface area contributed by atoms with Crippen LogP contribution in [-0.2, 0) is 11.2 Å². The van der Waals surface area contributed by atoms with Gasteiger partial charge in [0.1, 0.15) is 5.01 Å². The van der Waals surface area contributed by atoms with E-state index < -0.39 is 5.91 Å². The molecular weight excluding hydrogens is 288 g/mol. The topological polar surface area (TPSA) is 90.7 Å². The minimum absolute atomic E-state index is 0.0992. The number of nitrogens with one attached hydrogen (secondary N) is 1. The van der Waals surface area contributed by atoms with Crippen molar-refractivity contribution >= 4 is 33.8 Å². The Bertz CT molecular complexity index is 834. The molecule has 0 saturated heterocycles. The van der Waals surface area contributed by atoms with Crippen molar-refractivity contribution in [1.29, 1.82) is 0 Å². The Morgan fingerprint density at radius 1 is 1.43 bits per heavy atom. The zero-order chi connectivity index (χ0) is 14.8. The number of rotatable bonds is 3. The Morgan fingerprint density at radius 2 is 2.24 bits per heavy atom. The molecule has 0 bridgehead atoms. The normalized spacial score (nSPS) is 11.5. The van der Waals surface area contributed by atoms with E-state index in [-0.39, 0.29) is 18.0 Å². The molecule has 0 radical (unpaired) electrons. The summed E-state index contributed by atoms with van der Waals surface area (Å²) in [6.45, 7) is 1.87. The number of aromatic amines is 1. The Hall–Kier alpha value is -2.54. The summed E-state index contributed by atoms with van der Waals surface area (Å²) in [4.78, 5) is 18.8. The SMILES string of the molecule is Cc1csc(CC(=O)N=Nc2c(O)[nH]c3ccccc23)n1. The quantitative estimate of drug-likeness (QED) is 0.725. The molecule has 0 fully saturated rings. The Morgan fingerprint density at radius 3 is 3.00 bits per heavy atom. The Kier molecular flexibility index (Phi) is 3.49. The minimum Gasteiger partial charge on any atom is -0.493 e. The molecule has 0 saturated carbocycles. The van der Waals surface area contributed by atoms with E-state index >= 15 is 0 Å². The molecule has 1 amide bonds. The molecule has 0 atom stereocenters. The average molecular weight is 300 g/mol. The molecular formula is C14H12N4O2S. The van der Waals surface area contributed by atoms with Gasteiger partial charge in [-0.25, -0.2) is 4.98 Å². The van der Waals surface area contributed by atoms with Gasteiger partial charge in [0.15, 0.2) is 5.69 Å². The molecule has 0 unspecified atom stereocenters. The Labute approximate surface area is 124 Å². The first-order chi connectivity index (χ1) is 10.1. The number of nitrogens with zero attached hydrogens (tertiary/aromatic N) is 3. The van der Waals surface area contributed by atoms with Crippen LogP contribution in [0.2, 0.25) is 0 Å². The van der Waals surface area contributed by atoms with Gasteiger partial charge in [0, 0.05) is 16.5 Å². The van der Waals surface area contributed by atoms with E-state index in [1.165, 1.54) is 11.3 Å². The number of azo groups is 1. The third-order valence-corrected chi connectivity index (χ3v) is 3.86. The van der Waals surface area contributed by atoms with Crippen LogP contribution in [0.15, 0.2) is 39.9 Å². The van der Waals surface area contributed by atoms with Crippen molar-refractivity contribution in [3.63, 3.8) is 0 Å². The number of carbonyl (C=O) groups excluding carboxylic acids is 1. The van der Waals surface area contributed by atoms with Gasteiger partial charge in [-0.15, -0.1) is 21.6 Å². The van der Waals surface area contributed by atoms with E-state index in [1.807, 2.05) is 30.5 Å². The van der Waals surface area contributed by atoms with Crippen LogP contribution >= 0.6 is 11.3 Å². The maximum Gasteiger partial charge on any atom is 0.271 e. The lowest BCUT2D eigenvalue weighted by Gasteiger charge is -1.91. The van der Waals surface area contributed by atoms with E-state index in [1.54, 1.807) is 6.07 Å². The fourth-order valence-corrected chi connectivity index (χ4v) is 2.73. The van der Waals surface area contributed by atoms with Crippen LogP contribution in [0.4, 0.5) is 5.69 Å². The summed E-state index contributed by atoms with van der Waals surface area (Å²) in [7, 11) is 0. The predicted molar refractivity (Wildman–Crippen MR) is 80.0 cm³/mol. The zero-order valence-corrected chi connectivity index (χ0v) is 12.0. The van der Waals surface area contributed by atoms with Gasteiger partial charge in [0.25, 0.3) is 5.91 Å². The van der Waals surface area contributed by atoms with Crippen molar-refractivity contribution in [3.05, 3.63) is 40.3 Å². The summed E-state index contributed by atoms with van der Waals surface area (Å²) < 4.78 is 0. The predicted octanol–water partition coefficient (Wildman–Crippen LogP) is 3.49. The second kappa shape index (κ2) is 5.45. The molecule has 3 rings (SSSR count). The molecule has 21 heavy (non-hydrogen) atoms. The molecule has 1 aromatic carbocycles. The number of carbonyl (C=O) groups is 1.